The highest BCUT2D eigenvalue weighted by molar-refractivity contribution is 5.71. The molecule has 6 nitrogen and oxygen atoms in total. The van der Waals surface area contributed by atoms with Crippen LogP contribution in [0.5, 0.6) is 0 Å². The summed E-state index contributed by atoms with van der Waals surface area (Å²) in [5, 5.41) is 0. The number of ether oxygens (including phenoxy) is 3. The molecule has 0 aliphatic heterocycles. The Labute approximate surface area is 431 Å². The van der Waals surface area contributed by atoms with Crippen LogP contribution in [0.3, 0.4) is 0 Å². The van der Waals surface area contributed by atoms with Crippen LogP contribution in [-0.4, -0.2) is 37.2 Å². The van der Waals surface area contributed by atoms with E-state index in [0.29, 0.717) is 19.3 Å². The Balaban J connectivity index is 4.04. The fraction of sp³-hybridized carbons (Fsp3) is 0.952. The Hall–Kier alpha value is -1.59. The van der Waals surface area contributed by atoms with Crippen molar-refractivity contribution >= 4 is 17.9 Å². The van der Waals surface area contributed by atoms with Gasteiger partial charge in [-0.1, -0.05) is 329 Å². The second kappa shape index (κ2) is 59.0. The summed E-state index contributed by atoms with van der Waals surface area (Å²) in [6, 6.07) is 0. The summed E-state index contributed by atoms with van der Waals surface area (Å²) in [5.41, 5.74) is 0. The molecule has 0 amide bonds. The number of carbonyl (C=O) groups is 3. The molecule has 0 aliphatic carbocycles. The number of unbranched alkanes of at least 4 members (excludes halogenated alkanes) is 48. The lowest BCUT2D eigenvalue weighted by Gasteiger charge is -2.18. The maximum atomic E-state index is 12.8. The van der Waals surface area contributed by atoms with Crippen molar-refractivity contribution in [1.82, 2.24) is 0 Å². The van der Waals surface area contributed by atoms with Gasteiger partial charge in [-0.3, -0.25) is 14.4 Å². The summed E-state index contributed by atoms with van der Waals surface area (Å²) in [5.74, 6) is -0.838. The first-order valence-electron chi connectivity index (χ1n) is 31.5. The lowest BCUT2D eigenvalue weighted by atomic mass is 10.0. The van der Waals surface area contributed by atoms with Gasteiger partial charge in [0.25, 0.3) is 0 Å². The van der Waals surface area contributed by atoms with Crippen molar-refractivity contribution in [1.29, 1.82) is 0 Å². The van der Waals surface area contributed by atoms with Gasteiger partial charge in [0.2, 0.25) is 0 Å². The van der Waals surface area contributed by atoms with Crippen LogP contribution in [0.4, 0.5) is 0 Å². The number of hydrogen-bond donors (Lipinski definition) is 0. The minimum Gasteiger partial charge on any atom is -0.462 e. The van der Waals surface area contributed by atoms with Crippen LogP contribution in [0.15, 0.2) is 0 Å². The highest BCUT2D eigenvalue weighted by Gasteiger charge is 2.19. The average Bonchev–Trinajstić information content (AvgIpc) is 3.35. The molecule has 0 spiro atoms. The molecule has 0 aliphatic rings. The predicted molar refractivity (Wildman–Crippen MR) is 298 cm³/mol. The van der Waals surface area contributed by atoms with Crippen molar-refractivity contribution in [2.45, 2.75) is 374 Å². The fourth-order valence-corrected chi connectivity index (χ4v) is 9.86. The van der Waals surface area contributed by atoms with Crippen molar-refractivity contribution in [3.05, 3.63) is 0 Å². The molecule has 410 valence electrons. The highest BCUT2D eigenvalue weighted by atomic mass is 16.6. The van der Waals surface area contributed by atoms with Crippen LogP contribution in [0, 0.1) is 0 Å². The Morgan fingerprint density at radius 2 is 0.391 bits per heavy atom. The maximum Gasteiger partial charge on any atom is 0.306 e. The second-order valence-electron chi connectivity index (χ2n) is 21.7. The molecule has 0 fully saturated rings. The highest BCUT2D eigenvalue weighted by Crippen LogP contribution is 2.18. The van der Waals surface area contributed by atoms with Crippen molar-refractivity contribution in [3.63, 3.8) is 0 Å². The standard InChI is InChI=1S/C63H122O6/c1-4-7-10-13-16-18-20-22-24-26-28-29-30-31-32-33-35-36-38-40-42-44-47-50-53-56-62(65)68-59-60(58-67-61(64)55-52-49-46-15-12-9-6-3)69-63(66)57-54-51-48-45-43-41-39-37-34-27-25-23-21-19-17-14-11-8-5-2/h60H,4-59H2,1-3H3. The average molecular weight is 976 g/mol. The normalized spacial score (nSPS) is 11.9. The van der Waals surface area contributed by atoms with Crippen LogP contribution < -0.4 is 0 Å². The monoisotopic (exact) mass is 975 g/mol. The third-order valence-corrected chi connectivity index (χ3v) is 14.6. The van der Waals surface area contributed by atoms with Gasteiger partial charge in [0, 0.05) is 19.3 Å². The predicted octanol–water partition coefficient (Wildman–Crippen LogP) is 21.1. The molecule has 6 heteroatoms. The minimum absolute atomic E-state index is 0.0616. The van der Waals surface area contributed by atoms with Gasteiger partial charge in [0.15, 0.2) is 6.10 Å². The molecule has 1 unspecified atom stereocenters. The minimum atomic E-state index is -0.760. The Bertz CT molecular complexity index is 1030. The molecule has 69 heavy (non-hydrogen) atoms. The molecule has 0 saturated carbocycles. The zero-order chi connectivity index (χ0) is 50.0. The van der Waals surface area contributed by atoms with Gasteiger partial charge in [-0.25, -0.2) is 0 Å². The summed E-state index contributed by atoms with van der Waals surface area (Å²) >= 11 is 0. The molecule has 0 heterocycles. The number of esters is 3. The molecule has 0 radical (unpaired) electrons. The van der Waals surface area contributed by atoms with Crippen LogP contribution in [-0.2, 0) is 28.6 Å². The number of rotatable bonds is 59. The van der Waals surface area contributed by atoms with Gasteiger partial charge >= 0.3 is 17.9 Å². The molecule has 0 bridgehead atoms. The fourth-order valence-electron chi connectivity index (χ4n) is 9.86. The third-order valence-electron chi connectivity index (χ3n) is 14.6. The number of hydrogen-bond acceptors (Lipinski definition) is 6. The number of carbonyl (C=O) groups excluding carboxylic acids is 3. The van der Waals surface area contributed by atoms with Crippen LogP contribution in [0.1, 0.15) is 367 Å². The van der Waals surface area contributed by atoms with E-state index in [0.717, 1.165) is 57.8 Å². The van der Waals surface area contributed by atoms with Gasteiger partial charge < -0.3 is 14.2 Å². The molecule has 1 atom stereocenters. The summed E-state index contributed by atoms with van der Waals surface area (Å²) in [7, 11) is 0. The molecule has 0 N–H and O–H groups in total. The summed E-state index contributed by atoms with van der Waals surface area (Å²) < 4.78 is 16.8. The summed E-state index contributed by atoms with van der Waals surface area (Å²) in [6.07, 6.45) is 67.1. The zero-order valence-corrected chi connectivity index (χ0v) is 47.1. The molecular weight excluding hydrogens is 853 g/mol. The van der Waals surface area contributed by atoms with Crippen LogP contribution in [0.25, 0.3) is 0 Å². The van der Waals surface area contributed by atoms with Gasteiger partial charge in [-0.15, -0.1) is 0 Å². The van der Waals surface area contributed by atoms with E-state index < -0.39 is 6.10 Å². The lowest BCUT2D eigenvalue weighted by Crippen LogP contribution is -2.30. The molecular formula is C63H122O6. The topological polar surface area (TPSA) is 78.9 Å². The first kappa shape index (κ1) is 67.4. The summed E-state index contributed by atoms with van der Waals surface area (Å²) in [6.45, 7) is 6.68. The third kappa shape index (κ3) is 57.2. The molecule has 0 saturated heterocycles. The van der Waals surface area contributed by atoms with E-state index in [-0.39, 0.29) is 31.1 Å². The Morgan fingerprint density at radius 1 is 0.232 bits per heavy atom. The Kier molecular flexibility index (Phi) is 57.6. The van der Waals surface area contributed by atoms with Crippen molar-refractivity contribution in [2.24, 2.45) is 0 Å². The van der Waals surface area contributed by atoms with Gasteiger partial charge in [0.05, 0.1) is 0 Å². The van der Waals surface area contributed by atoms with Crippen LogP contribution in [0.2, 0.25) is 0 Å². The molecule has 0 aromatic carbocycles. The van der Waals surface area contributed by atoms with E-state index in [2.05, 4.69) is 20.8 Å². The molecule has 0 aromatic heterocycles. The van der Waals surface area contributed by atoms with E-state index in [4.69, 9.17) is 14.2 Å². The van der Waals surface area contributed by atoms with Crippen molar-refractivity contribution in [3.8, 4) is 0 Å². The van der Waals surface area contributed by atoms with Crippen molar-refractivity contribution < 1.29 is 28.6 Å². The van der Waals surface area contributed by atoms with E-state index in [9.17, 15) is 14.4 Å². The first-order valence-corrected chi connectivity index (χ1v) is 31.5. The zero-order valence-electron chi connectivity index (χ0n) is 47.1. The van der Waals surface area contributed by atoms with E-state index in [1.807, 2.05) is 0 Å². The quantitative estimate of drug-likeness (QED) is 0.0343. The maximum absolute atomic E-state index is 12.8. The molecule has 0 aromatic rings. The van der Waals surface area contributed by atoms with Gasteiger partial charge in [-0.2, -0.15) is 0 Å². The summed E-state index contributed by atoms with van der Waals surface area (Å²) in [4.78, 5) is 38.0. The largest absolute Gasteiger partial charge is 0.462 e. The first-order chi connectivity index (χ1) is 34.0. The SMILES string of the molecule is CCCCCCCCCCCCCCCCCCCCCCCCCCCC(=O)OCC(COC(=O)CCCCCCCCC)OC(=O)CCCCCCCCCCCCCCCCCCCCC. The van der Waals surface area contributed by atoms with E-state index >= 15 is 0 Å². The van der Waals surface area contributed by atoms with Gasteiger partial charge in [-0.05, 0) is 19.3 Å². The molecule has 0 rings (SSSR count). The van der Waals surface area contributed by atoms with Crippen molar-refractivity contribution in [2.75, 3.05) is 13.2 Å². The Morgan fingerprint density at radius 3 is 0.580 bits per heavy atom. The van der Waals surface area contributed by atoms with E-state index in [1.54, 1.807) is 0 Å². The van der Waals surface area contributed by atoms with Crippen LogP contribution >= 0.6 is 0 Å². The van der Waals surface area contributed by atoms with Gasteiger partial charge in [0.1, 0.15) is 13.2 Å². The smallest absolute Gasteiger partial charge is 0.306 e. The lowest BCUT2D eigenvalue weighted by molar-refractivity contribution is -0.167. The second-order valence-corrected chi connectivity index (χ2v) is 21.7. The van der Waals surface area contributed by atoms with E-state index in [1.165, 1.54) is 270 Å².